The highest BCUT2D eigenvalue weighted by atomic mass is 32.1. The van der Waals surface area contributed by atoms with Gasteiger partial charge in [0.15, 0.2) is 0 Å². The van der Waals surface area contributed by atoms with Gasteiger partial charge in [-0.3, -0.25) is 10.1 Å². The molecule has 1 atom stereocenters. The van der Waals surface area contributed by atoms with Gasteiger partial charge in [0.2, 0.25) is 11.0 Å². The van der Waals surface area contributed by atoms with E-state index in [1.807, 2.05) is 30.3 Å². The normalized spacial score (nSPS) is 12.1. The smallest absolute Gasteiger partial charge is 0.243 e. The standard InChI is InChI=1S/C14H18N4OS/c1-2-6-12-17-18-14(20-12)16-13(19)11(15)9-10-7-4-3-5-8-10/h3-5,7-8,11H,2,6,9,15H2,1H3,(H,16,18,19). The molecule has 3 N–H and O–H groups in total. The predicted molar refractivity (Wildman–Crippen MR) is 80.7 cm³/mol. The van der Waals surface area contributed by atoms with Crippen LogP contribution in [0.4, 0.5) is 5.13 Å². The van der Waals surface area contributed by atoms with Crippen molar-refractivity contribution >= 4 is 22.4 Å². The molecule has 0 bridgehead atoms. The Morgan fingerprint density at radius 2 is 2.10 bits per heavy atom. The number of nitrogens with zero attached hydrogens (tertiary/aromatic N) is 2. The fourth-order valence-corrected chi connectivity index (χ4v) is 2.62. The van der Waals surface area contributed by atoms with Crippen LogP contribution in [-0.4, -0.2) is 22.1 Å². The molecule has 1 aromatic carbocycles. The van der Waals surface area contributed by atoms with Crippen molar-refractivity contribution in [3.8, 4) is 0 Å². The number of nitrogens with one attached hydrogen (secondary N) is 1. The minimum atomic E-state index is -0.587. The van der Waals surface area contributed by atoms with Crippen LogP contribution in [0.5, 0.6) is 0 Å². The molecule has 20 heavy (non-hydrogen) atoms. The van der Waals surface area contributed by atoms with Gasteiger partial charge in [-0.05, 0) is 18.4 Å². The lowest BCUT2D eigenvalue weighted by atomic mass is 10.1. The van der Waals surface area contributed by atoms with Crippen LogP contribution in [0.3, 0.4) is 0 Å². The molecule has 0 aliphatic carbocycles. The highest BCUT2D eigenvalue weighted by molar-refractivity contribution is 7.15. The Hall–Kier alpha value is -1.79. The minimum Gasteiger partial charge on any atom is -0.320 e. The molecule has 0 aliphatic rings. The minimum absolute atomic E-state index is 0.229. The predicted octanol–water partition coefficient (Wildman–Crippen LogP) is 2.00. The zero-order valence-corrected chi connectivity index (χ0v) is 12.2. The number of rotatable bonds is 6. The molecule has 1 heterocycles. The highest BCUT2D eigenvalue weighted by Crippen LogP contribution is 2.16. The molecule has 2 aromatic rings. The third kappa shape index (κ3) is 4.11. The first kappa shape index (κ1) is 14.6. The molecule has 1 amide bonds. The molecule has 0 spiro atoms. The molecule has 0 saturated heterocycles. The Morgan fingerprint density at radius 3 is 2.80 bits per heavy atom. The lowest BCUT2D eigenvalue weighted by Crippen LogP contribution is -2.37. The van der Waals surface area contributed by atoms with Crippen molar-refractivity contribution in [2.75, 3.05) is 5.32 Å². The number of benzene rings is 1. The van der Waals surface area contributed by atoms with E-state index < -0.39 is 6.04 Å². The van der Waals surface area contributed by atoms with Crippen molar-refractivity contribution in [1.29, 1.82) is 0 Å². The number of hydrogen-bond acceptors (Lipinski definition) is 5. The van der Waals surface area contributed by atoms with E-state index >= 15 is 0 Å². The van der Waals surface area contributed by atoms with Crippen molar-refractivity contribution in [1.82, 2.24) is 10.2 Å². The zero-order chi connectivity index (χ0) is 14.4. The molecule has 0 radical (unpaired) electrons. The van der Waals surface area contributed by atoms with Gasteiger partial charge in [0.1, 0.15) is 5.01 Å². The van der Waals surface area contributed by atoms with Crippen molar-refractivity contribution in [3.63, 3.8) is 0 Å². The number of carbonyl (C=O) groups is 1. The molecule has 2 rings (SSSR count). The number of aromatic nitrogens is 2. The molecular formula is C14H18N4OS. The van der Waals surface area contributed by atoms with Crippen LogP contribution in [0.25, 0.3) is 0 Å². The van der Waals surface area contributed by atoms with E-state index in [1.54, 1.807) is 0 Å². The van der Waals surface area contributed by atoms with Gasteiger partial charge in [0.05, 0.1) is 6.04 Å². The monoisotopic (exact) mass is 290 g/mol. The quantitative estimate of drug-likeness (QED) is 0.852. The SMILES string of the molecule is CCCc1nnc(NC(=O)C(N)Cc2ccccc2)s1. The van der Waals surface area contributed by atoms with Gasteiger partial charge in [-0.25, -0.2) is 0 Å². The average Bonchev–Trinajstić information content (AvgIpc) is 2.87. The summed E-state index contributed by atoms with van der Waals surface area (Å²) in [6.07, 6.45) is 2.40. The number of carbonyl (C=O) groups excluding carboxylic acids is 1. The van der Waals surface area contributed by atoms with E-state index in [0.29, 0.717) is 11.6 Å². The summed E-state index contributed by atoms with van der Waals surface area (Å²) < 4.78 is 0. The number of amides is 1. The van der Waals surface area contributed by atoms with Crippen LogP contribution < -0.4 is 11.1 Å². The van der Waals surface area contributed by atoms with Crippen LogP contribution in [0.1, 0.15) is 23.9 Å². The Labute approximate surface area is 122 Å². The van der Waals surface area contributed by atoms with Crippen molar-refractivity contribution < 1.29 is 4.79 Å². The molecule has 6 heteroatoms. The van der Waals surface area contributed by atoms with Gasteiger partial charge in [-0.2, -0.15) is 0 Å². The van der Waals surface area contributed by atoms with Crippen LogP contribution in [0, 0.1) is 0 Å². The lowest BCUT2D eigenvalue weighted by molar-refractivity contribution is -0.117. The van der Waals surface area contributed by atoms with Gasteiger partial charge in [-0.15, -0.1) is 10.2 Å². The van der Waals surface area contributed by atoms with Gasteiger partial charge in [0, 0.05) is 6.42 Å². The maximum Gasteiger partial charge on any atom is 0.243 e. The number of anilines is 1. The fraction of sp³-hybridized carbons (Fsp3) is 0.357. The molecule has 0 fully saturated rings. The summed E-state index contributed by atoms with van der Waals surface area (Å²) in [5.41, 5.74) is 6.95. The van der Waals surface area contributed by atoms with Crippen molar-refractivity contribution in [2.24, 2.45) is 5.73 Å². The third-order valence-corrected chi connectivity index (χ3v) is 3.69. The van der Waals surface area contributed by atoms with E-state index in [2.05, 4.69) is 22.4 Å². The summed E-state index contributed by atoms with van der Waals surface area (Å²) in [7, 11) is 0. The molecule has 5 nitrogen and oxygen atoms in total. The van der Waals surface area contributed by atoms with E-state index in [9.17, 15) is 4.79 Å². The average molecular weight is 290 g/mol. The van der Waals surface area contributed by atoms with Gasteiger partial charge in [0.25, 0.3) is 0 Å². The second-order valence-corrected chi connectivity index (χ2v) is 5.60. The van der Waals surface area contributed by atoms with Crippen LogP contribution in [0.15, 0.2) is 30.3 Å². The van der Waals surface area contributed by atoms with Crippen LogP contribution >= 0.6 is 11.3 Å². The Bertz CT molecular complexity index is 555. The summed E-state index contributed by atoms with van der Waals surface area (Å²) in [6, 6.07) is 9.13. The molecule has 0 aliphatic heterocycles. The summed E-state index contributed by atoms with van der Waals surface area (Å²) in [4.78, 5) is 12.0. The van der Waals surface area contributed by atoms with Gasteiger partial charge >= 0.3 is 0 Å². The molecule has 106 valence electrons. The summed E-state index contributed by atoms with van der Waals surface area (Å²) in [5, 5.41) is 12.1. The second kappa shape index (κ2) is 7.12. The van der Waals surface area contributed by atoms with E-state index in [4.69, 9.17) is 5.73 Å². The van der Waals surface area contributed by atoms with Gasteiger partial charge < -0.3 is 5.73 Å². The third-order valence-electron chi connectivity index (χ3n) is 2.80. The summed E-state index contributed by atoms with van der Waals surface area (Å²) >= 11 is 1.40. The number of hydrogen-bond donors (Lipinski definition) is 2. The van der Waals surface area contributed by atoms with E-state index in [-0.39, 0.29) is 5.91 Å². The maximum atomic E-state index is 12.0. The Morgan fingerprint density at radius 1 is 1.35 bits per heavy atom. The fourth-order valence-electron chi connectivity index (χ4n) is 1.78. The zero-order valence-electron chi connectivity index (χ0n) is 11.4. The maximum absolute atomic E-state index is 12.0. The summed E-state index contributed by atoms with van der Waals surface area (Å²) in [5.74, 6) is -0.229. The second-order valence-electron chi connectivity index (χ2n) is 4.54. The van der Waals surface area contributed by atoms with Crippen molar-refractivity contribution in [3.05, 3.63) is 40.9 Å². The number of nitrogens with two attached hydrogens (primary N) is 1. The first-order valence-electron chi connectivity index (χ1n) is 6.61. The van der Waals surface area contributed by atoms with E-state index in [1.165, 1.54) is 11.3 Å². The number of aryl methyl sites for hydroxylation is 1. The van der Waals surface area contributed by atoms with Crippen molar-refractivity contribution in [2.45, 2.75) is 32.2 Å². The van der Waals surface area contributed by atoms with Crippen LogP contribution in [0.2, 0.25) is 0 Å². The first-order valence-corrected chi connectivity index (χ1v) is 7.43. The Balaban J connectivity index is 1.90. The largest absolute Gasteiger partial charge is 0.320 e. The van der Waals surface area contributed by atoms with Crippen LogP contribution in [-0.2, 0) is 17.6 Å². The Kier molecular flexibility index (Phi) is 5.20. The molecule has 0 saturated carbocycles. The van der Waals surface area contributed by atoms with E-state index in [0.717, 1.165) is 23.4 Å². The highest BCUT2D eigenvalue weighted by Gasteiger charge is 2.16. The molecule has 1 aromatic heterocycles. The first-order chi connectivity index (χ1) is 9.69. The molecular weight excluding hydrogens is 272 g/mol. The molecule has 1 unspecified atom stereocenters. The lowest BCUT2D eigenvalue weighted by Gasteiger charge is -2.10. The van der Waals surface area contributed by atoms with Gasteiger partial charge in [-0.1, -0.05) is 48.6 Å². The topological polar surface area (TPSA) is 80.9 Å². The summed E-state index contributed by atoms with van der Waals surface area (Å²) in [6.45, 7) is 2.08.